The fourth-order valence-corrected chi connectivity index (χ4v) is 9.91. The quantitative estimate of drug-likeness (QED) is 0.169. The van der Waals surface area contributed by atoms with Crippen LogP contribution in [0.4, 0.5) is 0 Å². The topological polar surface area (TPSA) is 25.8 Å². The molecule has 2 aromatic heterocycles. The van der Waals surface area contributed by atoms with E-state index >= 15 is 0 Å². The summed E-state index contributed by atoms with van der Waals surface area (Å²) in [7, 11) is 0. The van der Waals surface area contributed by atoms with E-state index in [0.29, 0.717) is 5.82 Å². The minimum absolute atomic E-state index is 0.206. The third-order valence-electron chi connectivity index (χ3n) is 11.8. The zero-order chi connectivity index (χ0) is 37.9. The summed E-state index contributed by atoms with van der Waals surface area (Å²) in [5.74, 6) is 0.711. The predicted octanol–water partition coefficient (Wildman–Crippen LogP) is 14.5. The number of hydrogen-bond acceptors (Lipinski definition) is 3. The Morgan fingerprint density at radius 2 is 0.947 bits per heavy atom. The monoisotopic (exact) mass is 744 g/mol. The van der Waals surface area contributed by atoms with Crippen molar-refractivity contribution in [1.29, 1.82) is 0 Å². The molecule has 2 heterocycles. The average Bonchev–Trinajstić information content (AvgIpc) is 3.79. The summed E-state index contributed by atoms with van der Waals surface area (Å²) in [5.41, 5.74) is 16.0. The van der Waals surface area contributed by atoms with Crippen LogP contribution in [-0.4, -0.2) is 9.97 Å². The van der Waals surface area contributed by atoms with Gasteiger partial charge in [-0.25, -0.2) is 9.97 Å². The molecule has 0 N–H and O–H groups in total. The third kappa shape index (κ3) is 5.62. The summed E-state index contributed by atoms with van der Waals surface area (Å²) in [4.78, 5) is 10.3. The van der Waals surface area contributed by atoms with Crippen molar-refractivity contribution in [3.05, 3.63) is 217 Å². The first-order valence-corrected chi connectivity index (χ1v) is 20.3. The summed E-state index contributed by atoms with van der Waals surface area (Å²) in [6, 6.07) is 72.3. The van der Waals surface area contributed by atoms with E-state index in [0.717, 1.165) is 33.6 Å². The molecule has 0 amide bonds. The lowest BCUT2D eigenvalue weighted by molar-refractivity contribution is 0.714. The van der Waals surface area contributed by atoms with E-state index in [1.54, 1.807) is 0 Å². The lowest BCUT2D eigenvalue weighted by Crippen LogP contribution is -2.22. The molecule has 8 aromatic carbocycles. The van der Waals surface area contributed by atoms with Crippen LogP contribution in [0.25, 0.3) is 87.5 Å². The Morgan fingerprint density at radius 3 is 1.79 bits per heavy atom. The smallest absolute Gasteiger partial charge is 0.160 e. The molecule has 11 rings (SSSR count). The highest BCUT2D eigenvalue weighted by Gasteiger charge is 2.40. The molecule has 0 fully saturated rings. The average molecular weight is 745 g/mol. The van der Waals surface area contributed by atoms with Crippen molar-refractivity contribution in [3.8, 4) is 67.3 Å². The number of rotatable bonds is 6. The van der Waals surface area contributed by atoms with Crippen molar-refractivity contribution in [2.45, 2.75) is 12.3 Å². The molecule has 0 saturated carbocycles. The normalized spacial score (nSPS) is 14.5. The van der Waals surface area contributed by atoms with Crippen LogP contribution in [0.15, 0.2) is 200 Å². The summed E-state index contributed by atoms with van der Waals surface area (Å²) < 4.78 is 2.63. The van der Waals surface area contributed by atoms with Crippen LogP contribution in [0.3, 0.4) is 0 Å². The highest BCUT2D eigenvalue weighted by Crippen LogP contribution is 2.53. The van der Waals surface area contributed by atoms with E-state index in [4.69, 9.17) is 9.97 Å². The molecule has 0 spiro atoms. The van der Waals surface area contributed by atoms with Gasteiger partial charge in [-0.15, -0.1) is 11.3 Å². The van der Waals surface area contributed by atoms with Gasteiger partial charge in [-0.2, -0.15) is 0 Å². The van der Waals surface area contributed by atoms with Gasteiger partial charge in [0.1, 0.15) is 0 Å². The molecular weight excluding hydrogens is 709 g/mol. The van der Waals surface area contributed by atoms with Gasteiger partial charge in [-0.1, -0.05) is 164 Å². The highest BCUT2D eigenvalue weighted by atomic mass is 32.1. The molecule has 3 heteroatoms. The van der Waals surface area contributed by atoms with Crippen LogP contribution in [0.2, 0.25) is 0 Å². The van der Waals surface area contributed by atoms with Crippen LogP contribution >= 0.6 is 11.3 Å². The van der Waals surface area contributed by atoms with Crippen LogP contribution in [0, 0.1) is 0 Å². The maximum Gasteiger partial charge on any atom is 0.160 e. The van der Waals surface area contributed by atoms with Gasteiger partial charge in [0.25, 0.3) is 0 Å². The number of fused-ring (bicyclic) bond motifs is 6. The van der Waals surface area contributed by atoms with E-state index in [-0.39, 0.29) is 5.41 Å². The van der Waals surface area contributed by atoms with Crippen molar-refractivity contribution in [2.24, 2.45) is 0 Å². The first-order chi connectivity index (χ1) is 28.1. The second-order valence-electron chi connectivity index (χ2n) is 15.1. The van der Waals surface area contributed by atoms with Crippen LogP contribution in [0.5, 0.6) is 0 Å². The second kappa shape index (κ2) is 13.4. The van der Waals surface area contributed by atoms with Gasteiger partial charge >= 0.3 is 0 Å². The molecule has 1 unspecified atom stereocenters. The molecule has 268 valence electrons. The Labute approximate surface area is 336 Å². The van der Waals surface area contributed by atoms with Gasteiger partial charge in [0.05, 0.1) is 11.4 Å². The maximum atomic E-state index is 5.16. The van der Waals surface area contributed by atoms with Gasteiger partial charge in [0, 0.05) is 42.3 Å². The third-order valence-corrected chi connectivity index (χ3v) is 13.0. The van der Waals surface area contributed by atoms with E-state index in [2.05, 4.69) is 189 Å². The standard InChI is InChI=1S/C54H36N2S/c1-54(42-17-6-3-7-18-42)47-21-10-8-19-43(47)45-32-39(27-29-48(45)54)35-23-25-36(26-24-35)49-34-50(56-53(55-49)37-13-4-2-5-14-37)41-16-12-15-38(31-41)40-28-30-52-46(33-40)44-20-9-11-22-51(44)57-52/h2-34H,1H3. The van der Waals surface area contributed by atoms with Gasteiger partial charge in [0.15, 0.2) is 5.82 Å². The van der Waals surface area contributed by atoms with E-state index in [1.807, 2.05) is 29.5 Å². The fraction of sp³-hybridized carbons (Fsp3) is 0.0370. The molecule has 10 aromatic rings. The number of thiophene rings is 1. The Morgan fingerprint density at radius 1 is 0.368 bits per heavy atom. The molecule has 1 aliphatic rings. The molecule has 0 aliphatic heterocycles. The molecule has 0 saturated heterocycles. The molecule has 1 aliphatic carbocycles. The van der Waals surface area contributed by atoms with E-state index in [1.165, 1.54) is 64.7 Å². The number of nitrogens with zero attached hydrogens (tertiary/aromatic N) is 2. The Bertz CT molecular complexity index is 3130. The molecular formula is C54H36N2S. The second-order valence-corrected chi connectivity index (χ2v) is 16.2. The number of aromatic nitrogens is 2. The first kappa shape index (κ1) is 33.4. The lowest BCUT2D eigenvalue weighted by atomic mass is 9.74. The number of hydrogen-bond donors (Lipinski definition) is 0. The Balaban J connectivity index is 0.967. The molecule has 2 nitrogen and oxygen atoms in total. The van der Waals surface area contributed by atoms with E-state index in [9.17, 15) is 0 Å². The molecule has 0 bridgehead atoms. The minimum atomic E-state index is -0.206. The zero-order valence-corrected chi connectivity index (χ0v) is 32.2. The predicted molar refractivity (Wildman–Crippen MR) is 240 cm³/mol. The van der Waals surface area contributed by atoms with Crippen molar-refractivity contribution in [2.75, 3.05) is 0 Å². The fourth-order valence-electron chi connectivity index (χ4n) is 8.82. The van der Waals surface area contributed by atoms with Crippen molar-refractivity contribution in [3.63, 3.8) is 0 Å². The van der Waals surface area contributed by atoms with Crippen LogP contribution in [-0.2, 0) is 5.41 Å². The zero-order valence-electron chi connectivity index (χ0n) is 31.4. The van der Waals surface area contributed by atoms with Crippen LogP contribution in [0.1, 0.15) is 23.6 Å². The van der Waals surface area contributed by atoms with Crippen LogP contribution < -0.4 is 0 Å². The Kier molecular flexibility index (Phi) is 7.84. The van der Waals surface area contributed by atoms with Crippen molar-refractivity contribution < 1.29 is 0 Å². The lowest BCUT2D eigenvalue weighted by Gasteiger charge is -2.28. The summed E-state index contributed by atoms with van der Waals surface area (Å²) in [6.45, 7) is 2.36. The Hall–Kier alpha value is -6.94. The first-order valence-electron chi connectivity index (χ1n) is 19.5. The minimum Gasteiger partial charge on any atom is -0.228 e. The molecule has 0 radical (unpaired) electrons. The van der Waals surface area contributed by atoms with E-state index < -0.39 is 0 Å². The molecule has 1 atom stereocenters. The summed E-state index contributed by atoms with van der Waals surface area (Å²) in [5, 5.41) is 2.61. The van der Waals surface area contributed by atoms with Crippen molar-refractivity contribution >= 4 is 31.5 Å². The summed E-state index contributed by atoms with van der Waals surface area (Å²) in [6.07, 6.45) is 0. The van der Waals surface area contributed by atoms with Gasteiger partial charge in [-0.05, 0) is 93.4 Å². The van der Waals surface area contributed by atoms with Gasteiger partial charge in [0.2, 0.25) is 0 Å². The molecule has 57 heavy (non-hydrogen) atoms. The van der Waals surface area contributed by atoms with Gasteiger partial charge < -0.3 is 0 Å². The summed E-state index contributed by atoms with van der Waals surface area (Å²) >= 11 is 1.85. The SMILES string of the molecule is CC1(c2ccccc2)c2ccccc2-c2cc(-c3ccc(-c4cc(-c5cccc(-c6ccc7sc8ccccc8c7c6)c5)nc(-c5ccccc5)n4)cc3)ccc21. The van der Waals surface area contributed by atoms with Crippen molar-refractivity contribution in [1.82, 2.24) is 9.97 Å². The van der Waals surface area contributed by atoms with Gasteiger partial charge in [-0.3, -0.25) is 0 Å². The largest absolute Gasteiger partial charge is 0.228 e. The highest BCUT2D eigenvalue weighted by molar-refractivity contribution is 7.25. The number of benzene rings is 8. The maximum absolute atomic E-state index is 5.16.